The molecule has 2 aromatic rings. The predicted octanol–water partition coefficient (Wildman–Crippen LogP) is 5.16. The average Bonchev–Trinajstić information content (AvgIpc) is 3.12. The van der Waals surface area contributed by atoms with Crippen molar-refractivity contribution in [1.82, 2.24) is 15.5 Å². The fraction of sp³-hybridized carbons (Fsp3) is 0.556. The minimum absolute atomic E-state index is 0.213. The number of halogens is 1. The van der Waals surface area contributed by atoms with E-state index < -0.39 is 11.1 Å². The highest BCUT2D eigenvalue weighted by molar-refractivity contribution is 6.17. The van der Waals surface area contributed by atoms with Gasteiger partial charge in [0.25, 0.3) is 11.8 Å². The Bertz CT molecular complexity index is 1330. The van der Waals surface area contributed by atoms with Gasteiger partial charge in [-0.15, -0.1) is 11.6 Å². The molecule has 11 heteroatoms. The normalized spacial score (nSPS) is 18.9. The van der Waals surface area contributed by atoms with Crippen LogP contribution in [0.4, 0.5) is 0 Å². The van der Waals surface area contributed by atoms with Crippen molar-refractivity contribution < 1.29 is 33.4 Å². The van der Waals surface area contributed by atoms with E-state index in [0.717, 1.165) is 76.9 Å². The highest BCUT2D eigenvalue weighted by Crippen LogP contribution is 2.31. The number of nitrogens with zero attached hydrogens (tertiary/aromatic N) is 1. The van der Waals surface area contributed by atoms with Gasteiger partial charge in [0.1, 0.15) is 11.1 Å². The first-order valence-corrected chi connectivity index (χ1v) is 17.1. The van der Waals surface area contributed by atoms with Crippen molar-refractivity contribution >= 4 is 35.4 Å². The third-order valence-electron chi connectivity index (χ3n) is 9.37. The van der Waals surface area contributed by atoms with Gasteiger partial charge in [-0.3, -0.25) is 14.5 Å². The van der Waals surface area contributed by atoms with Gasteiger partial charge in [0.2, 0.25) is 0 Å². The summed E-state index contributed by atoms with van der Waals surface area (Å²) in [6.45, 7) is 4.28. The summed E-state index contributed by atoms with van der Waals surface area (Å²) in [5.41, 5.74) is 1.46. The molecule has 1 saturated heterocycles. The summed E-state index contributed by atoms with van der Waals surface area (Å²) < 4.78 is 15.2. The van der Waals surface area contributed by atoms with Gasteiger partial charge in [-0.2, -0.15) is 0 Å². The molecule has 2 aliphatic carbocycles. The van der Waals surface area contributed by atoms with Crippen molar-refractivity contribution in [2.45, 2.75) is 87.7 Å². The van der Waals surface area contributed by atoms with Gasteiger partial charge in [0.15, 0.2) is 0 Å². The van der Waals surface area contributed by atoms with Crippen LogP contribution in [-0.4, -0.2) is 80.3 Å². The summed E-state index contributed by atoms with van der Waals surface area (Å²) in [6.07, 6.45) is 8.39. The van der Waals surface area contributed by atoms with Crippen LogP contribution in [0.3, 0.4) is 0 Å². The molecule has 0 aromatic heterocycles. The van der Waals surface area contributed by atoms with E-state index >= 15 is 0 Å². The van der Waals surface area contributed by atoms with Gasteiger partial charge in [-0.1, -0.05) is 62.8 Å². The Kier molecular flexibility index (Phi) is 13.6. The zero-order chi connectivity index (χ0) is 33.7. The minimum Gasteiger partial charge on any atom is -0.467 e. The van der Waals surface area contributed by atoms with Crippen LogP contribution in [0.1, 0.15) is 96.1 Å². The molecular formula is C36H48ClN3O7. The molecule has 0 bridgehead atoms. The summed E-state index contributed by atoms with van der Waals surface area (Å²) >= 11 is 5.74. The smallest absolute Gasteiger partial charge is 0.331 e. The number of carbonyl (C=O) groups is 4. The van der Waals surface area contributed by atoms with Crippen LogP contribution in [0.25, 0.3) is 0 Å². The lowest BCUT2D eigenvalue weighted by Gasteiger charge is -2.35. The van der Waals surface area contributed by atoms with Crippen molar-refractivity contribution in [2.24, 2.45) is 0 Å². The SMILES string of the molecule is COC(=O)C1(NC(=O)c2ccc(CCl)cc2)CCCCC1.COC(=O)C1(NC(=O)c2ccc(CN3CCOCC3)cc2)CCCCC1. The molecule has 256 valence electrons. The number of esters is 2. The van der Waals surface area contributed by atoms with Gasteiger partial charge >= 0.3 is 11.9 Å². The van der Waals surface area contributed by atoms with Crippen LogP contribution in [0.5, 0.6) is 0 Å². The number of hydrogen-bond donors (Lipinski definition) is 2. The van der Waals surface area contributed by atoms with Gasteiger partial charge in [0, 0.05) is 36.6 Å². The van der Waals surface area contributed by atoms with E-state index in [-0.39, 0.29) is 23.8 Å². The zero-order valence-electron chi connectivity index (χ0n) is 27.6. The van der Waals surface area contributed by atoms with Gasteiger partial charge in [-0.25, -0.2) is 9.59 Å². The standard InChI is InChI=1S/C20H28N2O4.C16H20ClNO3/c1-25-19(24)20(9-3-2-4-10-20)21-18(23)17-7-5-16(6-8-17)15-22-11-13-26-14-12-22;1-21-15(20)16(9-3-2-4-10-16)18-14(19)13-7-5-12(11-17)6-8-13/h5-8H,2-4,9-15H2,1H3,(H,21,23);5-8H,2-4,9-11H2,1H3,(H,18,19). The molecule has 0 atom stereocenters. The molecule has 2 amide bonds. The van der Waals surface area contributed by atoms with E-state index in [4.69, 9.17) is 25.8 Å². The topological polar surface area (TPSA) is 123 Å². The van der Waals surface area contributed by atoms with E-state index in [0.29, 0.717) is 42.7 Å². The summed E-state index contributed by atoms with van der Waals surface area (Å²) in [5, 5.41) is 5.85. The zero-order valence-corrected chi connectivity index (χ0v) is 28.4. The van der Waals surface area contributed by atoms with Gasteiger partial charge in [-0.05, 0) is 61.1 Å². The quantitative estimate of drug-likeness (QED) is 0.278. The van der Waals surface area contributed by atoms with E-state index in [1.165, 1.54) is 19.8 Å². The van der Waals surface area contributed by atoms with Gasteiger partial charge < -0.3 is 24.8 Å². The van der Waals surface area contributed by atoms with Crippen LogP contribution in [0, 0.1) is 0 Å². The maximum atomic E-state index is 12.7. The number of alkyl halides is 1. The number of hydrogen-bond acceptors (Lipinski definition) is 8. The molecule has 10 nitrogen and oxygen atoms in total. The van der Waals surface area contributed by atoms with Crippen molar-refractivity contribution in [1.29, 1.82) is 0 Å². The number of methoxy groups -OCH3 is 2. The molecule has 0 unspecified atom stereocenters. The number of nitrogens with one attached hydrogen (secondary N) is 2. The predicted molar refractivity (Wildman–Crippen MR) is 179 cm³/mol. The second kappa shape index (κ2) is 17.6. The van der Waals surface area contributed by atoms with E-state index in [2.05, 4.69) is 15.5 Å². The minimum atomic E-state index is -0.880. The van der Waals surface area contributed by atoms with E-state index in [1.807, 2.05) is 36.4 Å². The Labute approximate surface area is 282 Å². The van der Waals surface area contributed by atoms with Crippen molar-refractivity contribution in [3.05, 3.63) is 70.8 Å². The monoisotopic (exact) mass is 669 g/mol. The molecule has 2 aromatic carbocycles. The molecule has 2 N–H and O–H groups in total. The second-order valence-electron chi connectivity index (χ2n) is 12.6. The molecule has 1 aliphatic heterocycles. The fourth-order valence-corrected chi connectivity index (χ4v) is 6.74. The van der Waals surface area contributed by atoms with Crippen LogP contribution in [0.15, 0.2) is 48.5 Å². The Hall–Kier alpha value is -3.47. The highest BCUT2D eigenvalue weighted by Gasteiger charge is 2.43. The molecular weight excluding hydrogens is 622 g/mol. The maximum Gasteiger partial charge on any atom is 0.331 e. The third-order valence-corrected chi connectivity index (χ3v) is 9.68. The summed E-state index contributed by atoms with van der Waals surface area (Å²) in [6, 6.07) is 14.7. The molecule has 0 spiro atoms. The number of ether oxygens (including phenoxy) is 3. The van der Waals surface area contributed by atoms with Crippen LogP contribution in [0.2, 0.25) is 0 Å². The summed E-state index contributed by atoms with van der Waals surface area (Å²) in [4.78, 5) is 51.8. The Morgan fingerprint density at radius 2 is 1.09 bits per heavy atom. The first-order chi connectivity index (χ1) is 22.7. The third kappa shape index (κ3) is 9.78. The summed E-state index contributed by atoms with van der Waals surface area (Å²) in [5.74, 6) is -0.741. The summed E-state index contributed by atoms with van der Waals surface area (Å²) in [7, 11) is 2.74. The Morgan fingerprint density at radius 1 is 0.681 bits per heavy atom. The Morgan fingerprint density at radius 3 is 1.47 bits per heavy atom. The average molecular weight is 670 g/mol. The number of benzene rings is 2. The van der Waals surface area contributed by atoms with Crippen molar-refractivity contribution in [2.75, 3.05) is 40.5 Å². The molecule has 5 rings (SSSR count). The van der Waals surface area contributed by atoms with E-state index in [9.17, 15) is 19.2 Å². The van der Waals surface area contributed by atoms with Crippen molar-refractivity contribution in [3.63, 3.8) is 0 Å². The molecule has 0 radical (unpaired) electrons. The first kappa shape index (κ1) is 36.4. The molecule has 2 saturated carbocycles. The van der Waals surface area contributed by atoms with E-state index in [1.54, 1.807) is 12.1 Å². The number of amides is 2. The second-order valence-corrected chi connectivity index (χ2v) is 12.9. The number of carbonyl (C=O) groups excluding carboxylic acids is 4. The molecule has 3 aliphatic rings. The maximum absolute atomic E-state index is 12.7. The van der Waals surface area contributed by atoms with Crippen LogP contribution >= 0.6 is 11.6 Å². The van der Waals surface area contributed by atoms with Gasteiger partial charge in [0.05, 0.1) is 27.4 Å². The lowest BCUT2D eigenvalue weighted by Crippen LogP contribution is -2.56. The largest absolute Gasteiger partial charge is 0.467 e. The van der Waals surface area contributed by atoms with Crippen LogP contribution in [-0.2, 0) is 36.2 Å². The number of morpholine rings is 1. The highest BCUT2D eigenvalue weighted by atomic mass is 35.5. The molecule has 1 heterocycles. The molecule has 3 fully saturated rings. The lowest BCUT2D eigenvalue weighted by atomic mass is 9.81. The van der Waals surface area contributed by atoms with Crippen LogP contribution < -0.4 is 10.6 Å². The Balaban J connectivity index is 0.000000218. The first-order valence-electron chi connectivity index (χ1n) is 16.6. The molecule has 47 heavy (non-hydrogen) atoms. The lowest BCUT2D eigenvalue weighted by molar-refractivity contribution is -0.150. The van der Waals surface area contributed by atoms with Crippen molar-refractivity contribution in [3.8, 4) is 0 Å². The number of rotatable bonds is 9. The fourth-order valence-electron chi connectivity index (χ4n) is 6.56.